The Kier molecular flexibility index (Phi) is 4.41. The molecule has 2 aliphatic heterocycles. The van der Waals surface area contributed by atoms with Crippen molar-refractivity contribution >= 4 is 28.7 Å². The van der Waals surface area contributed by atoms with Gasteiger partial charge in [0, 0.05) is 5.56 Å². The highest BCUT2D eigenvalue weighted by molar-refractivity contribution is 6.33. The van der Waals surface area contributed by atoms with Crippen LogP contribution in [0.15, 0.2) is 36.7 Å². The van der Waals surface area contributed by atoms with E-state index in [1.54, 1.807) is 10.9 Å². The molecule has 4 heterocycles. The average Bonchev–Trinajstić information content (AvgIpc) is 3.13. The second-order valence-electron chi connectivity index (χ2n) is 6.80. The van der Waals surface area contributed by atoms with Crippen molar-refractivity contribution in [2.75, 3.05) is 18.9 Å². The summed E-state index contributed by atoms with van der Waals surface area (Å²) in [5.74, 6) is 0.0369. The molecule has 5 unspecified atom stereocenters. The highest BCUT2D eigenvalue weighted by Gasteiger charge is 2.46. The Morgan fingerprint density at radius 3 is 2.79 bits per heavy atom. The second kappa shape index (κ2) is 6.94. The molecule has 2 aromatic heterocycles. The fourth-order valence-electron chi connectivity index (χ4n) is 3.70. The van der Waals surface area contributed by atoms with Gasteiger partial charge in [-0.25, -0.2) is 4.98 Å². The Balaban J connectivity index is 1.44. The standard InChI is InChI=1S/C18H18ClN5O4/c19-15-12-16(23-18(20)22-15)24(8-21-12)10-6-26-11-7-27-17(28-14(11)13(10)25)9-4-2-1-3-5-9/h1-5,8,10-11,13-14,17,25H,6-7H2,(H2,20,22,23). The van der Waals surface area contributed by atoms with E-state index >= 15 is 0 Å². The molecule has 3 aromatic rings. The summed E-state index contributed by atoms with van der Waals surface area (Å²) in [6, 6.07) is 9.12. The summed E-state index contributed by atoms with van der Waals surface area (Å²) in [7, 11) is 0. The molecule has 10 heteroatoms. The summed E-state index contributed by atoms with van der Waals surface area (Å²) in [5, 5.41) is 11.2. The number of hydrogen-bond donors (Lipinski definition) is 2. The molecule has 146 valence electrons. The predicted molar refractivity (Wildman–Crippen MR) is 99.5 cm³/mol. The van der Waals surface area contributed by atoms with Crippen molar-refractivity contribution in [1.29, 1.82) is 0 Å². The number of hydrogen-bond acceptors (Lipinski definition) is 8. The molecule has 0 saturated carbocycles. The quantitative estimate of drug-likeness (QED) is 0.618. The smallest absolute Gasteiger partial charge is 0.223 e. The summed E-state index contributed by atoms with van der Waals surface area (Å²) in [5.41, 5.74) is 7.46. The molecule has 0 spiro atoms. The van der Waals surface area contributed by atoms with E-state index < -0.39 is 24.5 Å². The maximum absolute atomic E-state index is 11.1. The molecule has 0 bridgehead atoms. The average molecular weight is 404 g/mol. The first-order valence-electron chi connectivity index (χ1n) is 8.89. The van der Waals surface area contributed by atoms with Gasteiger partial charge in [0.25, 0.3) is 0 Å². The number of aromatic nitrogens is 4. The van der Waals surface area contributed by atoms with E-state index in [-0.39, 0.29) is 23.8 Å². The summed E-state index contributed by atoms with van der Waals surface area (Å²) < 4.78 is 19.5. The number of halogens is 1. The van der Waals surface area contributed by atoms with Crippen molar-refractivity contribution < 1.29 is 19.3 Å². The molecule has 0 radical (unpaired) electrons. The van der Waals surface area contributed by atoms with Gasteiger partial charge in [-0.05, 0) is 0 Å². The van der Waals surface area contributed by atoms with Gasteiger partial charge in [0.05, 0.1) is 25.6 Å². The Morgan fingerprint density at radius 1 is 1.14 bits per heavy atom. The summed E-state index contributed by atoms with van der Waals surface area (Å²) in [6.45, 7) is 0.581. The minimum absolute atomic E-state index is 0.0369. The fourth-order valence-corrected chi connectivity index (χ4v) is 3.92. The Bertz CT molecular complexity index is 1000. The predicted octanol–water partition coefficient (Wildman–Crippen LogP) is 1.48. The molecule has 28 heavy (non-hydrogen) atoms. The van der Waals surface area contributed by atoms with Crippen LogP contribution in [0.4, 0.5) is 5.95 Å². The van der Waals surface area contributed by atoms with Gasteiger partial charge in [0.1, 0.15) is 23.8 Å². The largest absolute Gasteiger partial charge is 0.388 e. The highest BCUT2D eigenvalue weighted by Crippen LogP contribution is 2.36. The van der Waals surface area contributed by atoms with E-state index in [2.05, 4.69) is 15.0 Å². The van der Waals surface area contributed by atoms with E-state index in [0.717, 1.165) is 5.56 Å². The number of nitrogens with two attached hydrogens (primary N) is 1. The van der Waals surface area contributed by atoms with Crippen LogP contribution in [0.5, 0.6) is 0 Å². The van der Waals surface area contributed by atoms with Crippen LogP contribution in [0.1, 0.15) is 17.9 Å². The molecular weight excluding hydrogens is 386 g/mol. The van der Waals surface area contributed by atoms with Crippen molar-refractivity contribution in [3.63, 3.8) is 0 Å². The third kappa shape index (κ3) is 2.92. The van der Waals surface area contributed by atoms with Gasteiger partial charge >= 0.3 is 0 Å². The van der Waals surface area contributed by atoms with Crippen LogP contribution in [-0.2, 0) is 14.2 Å². The molecule has 9 nitrogen and oxygen atoms in total. The van der Waals surface area contributed by atoms with Crippen LogP contribution in [0.25, 0.3) is 11.2 Å². The van der Waals surface area contributed by atoms with Gasteiger partial charge in [0.2, 0.25) is 5.95 Å². The van der Waals surface area contributed by atoms with E-state index in [4.69, 9.17) is 31.5 Å². The molecule has 2 fully saturated rings. The molecule has 1 aromatic carbocycles. The van der Waals surface area contributed by atoms with Gasteiger partial charge in [-0.3, -0.25) is 0 Å². The van der Waals surface area contributed by atoms with Crippen molar-refractivity contribution in [1.82, 2.24) is 19.5 Å². The molecular formula is C18H18ClN5O4. The lowest BCUT2D eigenvalue weighted by Crippen LogP contribution is -2.56. The van der Waals surface area contributed by atoms with Crippen LogP contribution >= 0.6 is 11.6 Å². The van der Waals surface area contributed by atoms with Crippen molar-refractivity contribution in [2.45, 2.75) is 30.6 Å². The zero-order valence-electron chi connectivity index (χ0n) is 14.7. The van der Waals surface area contributed by atoms with Gasteiger partial charge in [0.15, 0.2) is 17.1 Å². The summed E-state index contributed by atoms with van der Waals surface area (Å²) >= 11 is 6.11. The zero-order chi connectivity index (χ0) is 19.3. The third-order valence-electron chi connectivity index (χ3n) is 5.10. The van der Waals surface area contributed by atoms with Gasteiger partial charge in [-0.15, -0.1) is 0 Å². The highest BCUT2D eigenvalue weighted by atomic mass is 35.5. The lowest BCUT2D eigenvalue weighted by Gasteiger charge is -2.45. The van der Waals surface area contributed by atoms with Crippen LogP contribution in [0, 0.1) is 0 Å². The number of fused-ring (bicyclic) bond motifs is 2. The Hall–Kier alpha value is -2.30. The maximum Gasteiger partial charge on any atom is 0.223 e. The number of aliphatic hydroxyl groups excluding tert-OH is 1. The first-order valence-corrected chi connectivity index (χ1v) is 9.27. The monoisotopic (exact) mass is 403 g/mol. The lowest BCUT2D eigenvalue weighted by molar-refractivity contribution is -0.306. The molecule has 5 atom stereocenters. The number of benzene rings is 1. The Labute approximate surface area is 165 Å². The molecule has 3 N–H and O–H groups in total. The number of aliphatic hydroxyl groups is 1. The first kappa shape index (κ1) is 17.8. The second-order valence-corrected chi connectivity index (χ2v) is 7.16. The first-order chi connectivity index (χ1) is 13.6. The lowest BCUT2D eigenvalue weighted by atomic mass is 9.97. The number of nitrogens with zero attached hydrogens (tertiary/aromatic N) is 4. The van der Waals surface area contributed by atoms with Gasteiger partial charge in [-0.1, -0.05) is 41.9 Å². The number of imidazole rings is 1. The van der Waals surface area contributed by atoms with Gasteiger partial charge < -0.3 is 29.6 Å². The minimum atomic E-state index is -0.860. The number of nitrogen functional groups attached to an aromatic ring is 1. The number of anilines is 1. The molecule has 2 aliphatic rings. The molecule has 5 rings (SSSR count). The van der Waals surface area contributed by atoms with Crippen LogP contribution in [0.3, 0.4) is 0 Å². The molecule has 0 aliphatic carbocycles. The molecule has 0 amide bonds. The SMILES string of the molecule is Nc1nc(Cl)c2ncn(C3COC4COC(c5ccccc5)OC4C3O)c2n1. The van der Waals surface area contributed by atoms with E-state index in [1.807, 2.05) is 30.3 Å². The molecule has 2 saturated heterocycles. The number of rotatable bonds is 2. The van der Waals surface area contributed by atoms with Crippen molar-refractivity contribution in [2.24, 2.45) is 0 Å². The maximum atomic E-state index is 11.1. The van der Waals surface area contributed by atoms with E-state index in [0.29, 0.717) is 17.8 Å². The summed E-state index contributed by atoms with van der Waals surface area (Å²) in [6.07, 6.45) is -0.794. The fraction of sp³-hybridized carbons (Fsp3) is 0.389. The topological polar surface area (TPSA) is 118 Å². The van der Waals surface area contributed by atoms with E-state index in [1.165, 1.54) is 0 Å². The van der Waals surface area contributed by atoms with Gasteiger partial charge in [-0.2, -0.15) is 9.97 Å². The minimum Gasteiger partial charge on any atom is -0.388 e. The van der Waals surface area contributed by atoms with Crippen LogP contribution in [0.2, 0.25) is 5.15 Å². The van der Waals surface area contributed by atoms with E-state index in [9.17, 15) is 5.11 Å². The van der Waals surface area contributed by atoms with Crippen LogP contribution in [-0.4, -0.2) is 56.2 Å². The Morgan fingerprint density at radius 2 is 1.96 bits per heavy atom. The third-order valence-corrected chi connectivity index (χ3v) is 5.36. The zero-order valence-corrected chi connectivity index (χ0v) is 15.4. The van der Waals surface area contributed by atoms with Crippen molar-refractivity contribution in [3.05, 3.63) is 47.4 Å². The number of ether oxygens (including phenoxy) is 3. The normalized spacial score (nSPS) is 30.3. The summed E-state index contributed by atoms with van der Waals surface area (Å²) in [4.78, 5) is 12.4. The van der Waals surface area contributed by atoms with Crippen LogP contribution < -0.4 is 5.73 Å². The van der Waals surface area contributed by atoms with Crippen molar-refractivity contribution in [3.8, 4) is 0 Å².